The number of hydrogen-bond acceptors (Lipinski definition) is 4. The van der Waals surface area contributed by atoms with E-state index >= 15 is 0 Å². The molecule has 1 aromatic rings. The standard InChI is InChI=1S/C11H9NO3/c1-7(14)9-4-3-8(6-13)11(15-2)10(9)5-12/h3-4,6H,1-2H3. The van der Waals surface area contributed by atoms with Gasteiger partial charge >= 0.3 is 0 Å². The van der Waals surface area contributed by atoms with Gasteiger partial charge in [0.15, 0.2) is 12.1 Å². The van der Waals surface area contributed by atoms with Gasteiger partial charge in [-0.2, -0.15) is 5.26 Å². The van der Waals surface area contributed by atoms with Crippen LogP contribution in [0.3, 0.4) is 0 Å². The summed E-state index contributed by atoms with van der Waals surface area (Å²) < 4.78 is 4.94. The maximum Gasteiger partial charge on any atom is 0.161 e. The average Bonchev–Trinajstić information content (AvgIpc) is 2.26. The highest BCUT2D eigenvalue weighted by Crippen LogP contribution is 2.25. The lowest BCUT2D eigenvalue weighted by atomic mass is 10.0. The number of hydrogen-bond donors (Lipinski definition) is 0. The van der Waals surface area contributed by atoms with Crippen LogP contribution in [-0.2, 0) is 0 Å². The predicted molar refractivity (Wildman–Crippen MR) is 53.1 cm³/mol. The zero-order valence-electron chi connectivity index (χ0n) is 8.40. The zero-order chi connectivity index (χ0) is 11.4. The Bertz CT molecular complexity index is 458. The fourth-order valence-corrected chi connectivity index (χ4v) is 1.32. The van der Waals surface area contributed by atoms with Crippen molar-refractivity contribution >= 4 is 12.1 Å². The van der Waals surface area contributed by atoms with Crippen LogP contribution in [0.4, 0.5) is 0 Å². The van der Waals surface area contributed by atoms with Crippen molar-refractivity contribution < 1.29 is 14.3 Å². The Balaban J connectivity index is 3.56. The van der Waals surface area contributed by atoms with Crippen LogP contribution in [0.1, 0.15) is 33.2 Å². The van der Waals surface area contributed by atoms with Crippen molar-refractivity contribution in [3.63, 3.8) is 0 Å². The fraction of sp³-hybridized carbons (Fsp3) is 0.182. The van der Waals surface area contributed by atoms with E-state index in [2.05, 4.69) is 0 Å². The molecule has 15 heavy (non-hydrogen) atoms. The minimum atomic E-state index is -0.234. The van der Waals surface area contributed by atoms with Crippen LogP contribution in [0.25, 0.3) is 0 Å². The summed E-state index contributed by atoms with van der Waals surface area (Å²) >= 11 is 0. The third-order valence-electron chi connectivity index (χ3n) is 2.01. The smallest absolute Gasteiger partial charge is 0.161 e. The molecule has 4 nitrogen and oxygen atoms in total. The van der Waals surface area contributed by atoms with Crippen LogP contribution in [0.5, 0.6) is 5.75 Å². The number of methoxy groups -OCH3 is 1. The highest BCUT2D eigenvalue weighted by molar-refractivity contribution is 5.98. The van der Waals surface area contributed by atoms with Crippen molar-refractivity contribution in [1.82, 2.24) is 0 Å². The maximum atomic E-state index is 11.2. The minimum absolute atomic E-state index is 0.106. The Labute approximate surface area is 87.1 Å². The van der Waals surface area contributed by atoms with E-state index in [0.717, 1.165) is 0 Å². The molecule has 0 spiro atoms. The van der Waals surface area contributed by atoms with E-state index in [1.54, 1.807) is 0 Å². The van der Waals surface area contributed by atoms with Crippen molar-refractivity contribution in [2.75, 3.05) is 7.11 Å². The Morgan fingerprint density at radius 1 is 1.53 bits per heavy atom. The van der Waals surface area contributed by atoms with Crippen LogP contribution in [0, 0.1) is 11.3 Å². The molecule has 1 rings (SSSR count). The summed E-state index contributed by atoms with van der Waals surface area (Å²) in [5, 5.41) is 8.90. The van der Waals surface area contributed by atoms with E-state index in [1.807, 2.05) is 6.07 Å². The van der Waals surface area contributed by atoms with Crippen molar-refractivity contribution in [3.8, 4) is 11.8 Å². The predicted octanol–water partition coefficient (Wildman–Crippen LogP) is 1.58. The molecule has 0 saturated carbocycles. The number of ketones is 1. The molecular formula is C11H9NO3. The second-order valence-electron chi connectivity index (χ2n) is 2.90. The zero-order valence-corrected chi connectivity index (χ0v) is 8.40. The topological polar surface area (TPSA) is 67.2 Å². The number of aldehydes is 1. The molecule has 76 valence electrons. The maximum absolute atomic E-state index is 11.2. The Morgan fingerprint density at radius 2 is 2.20 bits per heavy atom. The van der Waals surface area contributed by atoms with Crippen molar-refractivity contribution in [1.29, 1.82) is 5.26 Å². The molecule has 0 amide bonds. The number of carbonyl (C=O) groups excluding carboxylic acids is 2. The minimum Gasteiger partial charge on any atom is -0.495 e. The van der Waals surface area contributed by atoms with E-state index in [1.165, 1.54) is 26.2 Å². The van der Waals surface area contributed by atoms with Gasteiger partial charge in [0, 0.05) is 5.56 Å². The molecule has 0 N–H and O–H groups in total. The molecule has 0 unspecified atom stereocenters. The van der Waals surface area contributed by atoms with Gasteiger partial charge in [0.2, 0.25) is 0 Å². The summed E-state index contributed by atoms with van der Waals surface area (Å²) in [6.45, 7) is 1.36. The second-order valence-corrected chi connectivity index (χ2v) is 2.90. The summed E-state index contributed by atoms with van der Waals surface area (Å²) in [5.41, 5.74) is 0.633. The first-order chi connectivity index (χ1) is 7.15. The van der Waals surface area contributed by atoms with Gasteiger partial charge in [-0.3, -0.25) is 9.59 Å². The number of nitrogens with zero attached hydrogens (tertiary/aromatic N) is 1. The Morgan fingerprint density at radius 3 is 2.60 bits per heavy atom. The number of nitriles is 1. The summed E-state index contributed by atoms with van der Waals surface area (Å²) in [7, 11) is 1.35. The molecule has 0 bridgehead atoms. The highest BCUT2D eigenvalue weighted by atomic mass is 16.5. The SMILES string of the molecule is COc1c(C=O)ccc(C(C)=O)c1C#N. The molecule has 4 heteroatoms. The lowest BCUT2D eigenvalue weighted by Gasteiger charge is -2.08. The lowest BCUT2D eigenvalue weighted by Crippen LogP contribution is -2.02. The number of benzene rings is 1. The molecule has 0 heterocycles. The van der Waals surface area contributed by atoms with Gasteiger partial charge in [0.25, 0.3) is 0 Å². The Hall–Kier alpha value is -2.15. The fourth-order valence-electron chi connectivity index (χ4n) is 1.32. The normalized spacial score (nSPS) is 9.13. The largest absolute Gasteiger partial charge is 0.495 e. The summed E-state index contributed by atoms with van der Waals surface area (Å²) in [6, 6.07) is 4.78. The van der Waals surface area contributed by atoms with E-state index in [4.69, 9.17) is 10.00 Å². The van der Waals surface area contributed by atoms with Crippen LogP contribution >= 0.6 is 0 Å². The molecule has 0 aliphatic heterocycles. The summed E-state index contributed by atoms with van der Waals surface area (Å²) in [4.78, 5) is 21.9. The van der Waals surface area contributed by atoms with Crippen LogP contribution in [0.2, 0.25) is 0 Å². The monoisotopic (exact) mass is 203 g/mol. The highest BCUT2D eigenvalue weighted by Gasteiger charge is 2.15. The molecule has 0 atom stereocenters. The van der Waals surface area contributed by atoms with Gasteiger partial charge in [-0.25, -0.2) is 0 Å². The van der Waals surface area contributed by atoms with E-state index in [9.17, 15) is 9.59 Å². The van der Waals surface area contributed by atoms with Crippen LogP contribution < -0.4 is 4.74 Å². The second kappa shape index (κ2) is 4.38. The van der Waals surface area contributed by atoms with Gasteiger partial charge in [-0.05, 0) is 19.1 Å². The lowest BCUT2D eigenvalue weighted by molar-refractivity contribution is 0.101. The molecular weight excluding hydrogens is 194 g/mol. The Kier molecular flexibility index (Phi) is 3.19. The van der Waals surface area contributed by atoms with Crippen LogP contribution in [0.15, 0.2) is 12.1 Å². The first-order valence-corrected chi connectivity index (χ1v) is 4.23. The molecule has 0 fully saturated rings. The number of ether oxygens (including phenoxy) is 1. The van der Waals surface area contributed by atoms with E-state index in [-0.39, 0.29) is 28.2 Å². The van der Waals surface area contributed by atoms with E-state index in [0.29, 0.717) is 6.29 Å². The van der Waals surface area contributed by atoms with Gasteiger partial charge < -0.3 is 4.74 Å². The molecule has 0 aromatic heterocycles. The summed E-state index contributed by atoms with van der Waals surface area (Å²) in [6.07, 6.45) is 0.587. The number of rotatable bonds is 3. The van der Waals surface area contributed by atoms with Crippen LogP contribution in [-0.4, -0.2) is 19.2 Å². The third kappa shape index (κ3) is 1.86. The van der Waals surface area contributed by atoms with Crippen molar-refractivity contribution in [2.45, 2.75) is 6.92 Å². The number of carbonyl (C=O) groups is 2. The van der Waals surface area contributed by atoms with Gasteiger partial charge in [0.1, 0.15) is 17.4 Å². The van der Waals surface area contributed by atoms with Crippen molar-refractivity contribution in [2.24, 2.45) is 0 Å². The van der Waals surface area contributed by atoms with Gasteiger partial charge in [-0.15, -0.1) is 0 Å². The van der Waals surface area contributed by atoms with Crippen molar-refractivity contribution in [3.05, 3.63) is 28.8 Å². The first-order valence-electron chi connectivity index (χ1n) is 4.23. The third-order valence-corrected chi connectivity index (χ3v) is 2.01. The molecule has 0 aliphatic rings. The molecule has 1 aromatic carbocycles. The van der Waals surface area contributed by atoms with Gasteiger partial charge in [0.05, 0.1) is 12.7 Å². The molecule has 0 aliphatic carbocycles. The summed E-state index contributed by atoms with van der Waals surface area (Å²) in [5.74, 6) is -0.0810. The molecule has 0 saturated heterocycles. The quantitative estimate of drug-likeness (QED) is 0.552. The number of Topliss-reactive ketones (excluding diaryl/α,β-unsaturated/α-hetero) is 1. The molecule has 0 radical (unpaired) electrons. The van der Waals surface area contributed by atoms with E-state index < -0.39 is 0 Å². The average molecular weight is 203 g/mol. The first kappa shape index (κ1) is 10.9. The van der Waals surface area contributed by atoms with Gasteiger partial charge in [-0.1, -0.05) is 0 Å².